The van der Waals surface area contributed by atoms with Crippen LogP contribution in [0.25, 0.3) is 31.1 Å². The molecular formula is C16H12F3N3O2S3. The second kappa shape index (κ2) is 6.01. The molecule has 5 nitrogen and oxygen atoms in total. The highest BCUT2D eigenvalue weighted by Gasteiger charge is 2.33. The van der Waals surface area contributed by atoms with Crippen LogP contribution in [0.1, 0.15) is 12.6 Å². The molecule has 0 aromatic carbocycles. The standard InChI is InChI=1S/C16H12F3N3O2S3/c1-3-27(23,24)14-12-10(4-5-25-12)26-13(14)15-21-8-6-11(16(17,18)19)20-7-9(8)22(15)2/h4-7H,3H2,1-2H3. The summed E-state index contributed by atoms with van der Waals surface area (Å²) in [6, 6.07) is 2.71. The van der Waals surface area contributed by atoms with Gasteiger partial charge in [-0.3, -0.25) is 0 Å². The summed E-state index contributed by atoms with van der Waals surface area (Å²) in [5.74, 6) is 0.236. The zero-order valence-electron chi connectivity index (χ0n) is 14.0. The topological polar surface area (TPSA) is 64.8 Å². The summed E-state index contributed by atoms with van der Waals surface area (Å²) in [5.41, 5.74) is -0.519. The van der Waals surface area contributed by atoms with Crippen LogP contribution >= 0.6 is 22.7 Å². The number of pyridine rings is 1. The fourth-order valence-electron chi connectivity index (χ4n) is 2.82. The summed E-state index contributed by atoms with van der Waals surface area (Å²) in [6.07, 6.45) is -3.47. The zero-order chi connectivity index (χ0) is 19.6. The number of sulfone groups is 1. The number of aryl methyl sites for hydroxylation is 1. The number of fused-ring (bicyclic) bond motifs is 2. The first-order chi connectivity index (χ1) is 12.6. The van der Waals surface area contributed by atoms with Crippen molar-refractivity contribution in [1.29, 1.82) is 0 Å². The normalized spacial score (nSPS) is 13.1. The maximum absolute atomic E-state index is 12.9. The Morgan fingerprint density at radius 1 is 1.30 bits per heavy atom. The van der Waals surface area contributed by atoms with E-state index in [1.54, 1.807) is 18.5 Å². The molecule has 4 aromatic rings. The molecule has 27 heavy (non-hydrogen) atoms. The Hall–Kier alpha value is -1.98. The fourth-order valence-corrected chi connectivity index (χ4v) is 7.15. The molecular weight excluding hydrogens is 419 g/mol. The Kier molecular flexibility index (Phi) is 4.09. The summed E-state index contributed by atoms with van der Waals surface area (Å²) in [4.78, 5) is 8.41. The highest BCUT2D eigenvalue weighted by atomic mass is 32.2. The van der Waals surface area contributed by atoms with Crippen molar-refractivity contribution >= 4 is 52.9 Å². The Morgan fingerprint density at radius 2 is 2.04 bits per heavy atom. The van der Waals surface area contributed by atoms with E-state index in [0.29, 0.717) is 20.9 Å². The predicted octanol–water partition coefficient (Wildman–Crippen LogP) is 4.72. The van der Waals surface area contributed by atoms with Gasteiger partial charge in [-0.05, 0) is 17.5 Å². The summed E-state index contributed by atoms with van der Waals surface area (Å²) >= 11 is 2.59. The average Bonchev–Trinajstić information content (AvgIpc) is 3.26. The van der Waals surface area contributed by atoms with Gasteiger partial charge in [-0.2, -0.15) is 13.2 Å². The number of alkyl halides is 3. The van der Waals surface area contributed by atoms with Crippen molar-refractivity contribution in [1.82, 2.24) is 14.5 Å². The lowest BCUT2D eigenvalue weighted by Gasteiger charge is -2.05. The molecule has 0 aliphatic carbocycles. The molecule has 0 radical (unpaired) electrons. The summed E-state index contributed by atoms with van der Waals surface area (Å²) in [5, 5.41) is 1.81. The lowest BCUT2D eigenvalue weighted by molar-refractivity contribution is -0.141. The lowest BCUT2D eigenvalue weighted by atomic mass is 10.3. The van der Waals surface area contributed by atoms with E-state index in [-0.39, 0.29) is 16.2 Å². The maximum Gasteiger partial charge on any atom is 0.433 e. The molecule has 0 amide bonds. The molecule has 11 heteroatoms. The third kappa shape index (κ3) is 2.84. The molecule has 4 rings (SSSR count). The third-order valence-corrected chi connectivity index (χ3v) is 8.47. The Balaban J connectivity index is 2.02. The first kappa shape index (κ1) is 18.4. The molecule has 0 N–H and O–H groups in total. The molecule has 0 fully saturated rings. The molecule has 4 heterocycles. The highest BCUT2D eigenvalue weighted by Crippen LogP contribution is 2.44. The Labute approximate surface area is 160 Å². The van der Waals surface area contributed by atoms with Crippen molar-refractivity contribution in [2.45, 2.75) is 18.0 Å². The molecule has 0 spiro atoms. The zero-order valence-corrected chi connectivity index (χ0v) is 16.5. The quantitative estimate of drug-likeness (QED) is 0.471. The van der Waals surface area contributed by atoms with Crippen molar-refractivity contribution in [3.05, 3.63) is 29.4 Å². The minimum Gasteiger partial charge on any atom is -0.325 e. The van der Waals surface area contributed by atoms with E-state index in [1.165, 1.54) is 22.7 Å². The van der Waals surface area contributed by atoms with Gasteiger partial charge in [0, 0.05) is 11.7 Å². The number of hydrogen-bond donors (Lipinski definition) is 0. The number of imidazole rings is 1. The minimum atomic E-state index is -4.58. The first-order valence-electron chi connectivity index (χ1n) is 7.76. The molecule has 142 valence electrons. The molecule has 0 bridgehead atoms. The molecule has 0 saturated heterocycles. The van der Waals surface area contributed by atoms with Crippen molar-refractivity contribution < 1.29 is 21.6 Å². The van der Waals surface area contributed by atoms with Crippen LogP contribution in [0.15, 0.2) is 28.6 Å². The van der Waals surface area contributed by atoms with Crippen LogP contribution in [0.4, 0.5) is 13.2 Å². The van der Waals surface area contributed by atoms with Gasteiger partial charge >= 0.3 is 6.18 Å². The summed E-state index contributed by atoms with van der Waals surface area (Å²) < 4.78 is 67.2. The van der Waals surface area contributed by atoms with Crippen molar-refractivity contribution in [3.8, 4) is 10.7 Å². The van der Waals surface area contributed by atoms with Gasteiger partial charge in [0.15, 0.2) is 15.7 Å². The fraction of sp³-hybridized carbons (Fsp3) is 0.250. The predicted molar refractivity (Wildman–Crippen MR) is 99.9 cm³/mol. The van der Waals surface area contributed by atoms with Crippen LogP contribution in [-0.2, 0) is 23.1 Å². The van der Waals surface area contributed by atoms with Crippen molar-refractivity contribution in [3.63, 3.8) is 0 Å². The van der Waals surface area contributed by atoms with E-state index in [1.807, 2.05) is 11.4 Å². The van der Waals surface area contributed by atoms with E-state index in [4.69, 9.17) is 0 Å². The maximum atomic E-state index is 12.9. The van der Waals surface area contributed by atoms with Gasteiger partial charge in [0.1, 0.15) is 10.6 Å². The second-order valence-electron chi connectivity index (χ2n) is 5.83. The number of aromatic nitrogens is 3. The van der Waals surface area contributed by atoms with Crippen molar-refractivity contribution in [2.75, 3.05) is 5.75 Å². The Bertz CT molecular complexity index is 1280. The van der Waals surface area contributed by atoms with Crippen LogP contribution < -0.4 is 0 Å². The van der Waals surface area contributed by atoms with E-state index >= 15 is 0 Å². The second-order valence-corrected chi connectivity index (χ2v) is 10.0. The molecule has 0 atom stereocenters. The van der Waals surface area contributed by atoms with E-state index in [2.05, 4.69) is 9.97 Å². The SMILES string of the molecule is CCS(=O)(=O)c1c(-c2nc3cc(C(F)(F)F)ncc3n2C)sc2ccsc12. The smallest absolute Gasteiger partial charge is 0.325 e. The largest absolute Gasteiger partial charge is 0.433 e. The Morgan fingerprint density at radius 3 is 2.70 bits per heavy atom. The van der Waals surface area contributed by atoms with E-state index < -0.39 is 21.7 Å². The monoisotopic (exact) mass is 431 g/mol. The van der Waals surface area contributed by atoms with Gasteiger partial charge in [0.25, 0.3) is 0 Å². The van der Waals surface area contributed by atoms with Crippen LogP contribution in [0.3, 0.4) is 0 Å². The third-order valence-electron chi connectivity index (χ3n) is 4.21. The summed E-state index contributed by atoms with van der Waals surface area (Å²) in [7, 11) is -1.91. The summed E-state index contributed by atoms with van der Waals surface area (Å²) in [6.45, 7) is 1.56. The van der Waals surface area contributed by atoms with Gasteiger partial charge in [-0.15, -0.1) is 22.7 Å². The highest BCUT2D eigenvalue weighted by molar-refractivity contribution is 7.92. The first-order valence-corrected chi connectivity index (χ1v) is 11.1. The molecule has 0 aliphatic heterocycles. The number of nitrogens with zero attached hydrogens (tertiary/aromatic N) is 3. The number of hydrogen-bond acceptors (Lipinski definition) is 6. The van der Waals surface area contributed by atoms with Crippen LogP contribution in [0, 0.1) is 0 Å². The molecule has 4 aromatic heterocycles. The van der Waals surface area contributed by atoms with Crippen LogP contribution in [0.2, 0.25) is 0 Å². The van der Waals surface area contributed by atoms with Crippen LogP contribution in [-0.4, -0.2) is 28.7 Å². The molecule has 0 unspecified atom stereocenters. The lowest BCUT2D eigenvalue weighted by Crippen LogP contribution is -2.07. The van der Waals surface area contributed by atoms with Crippen molar-refractivity contribution in [2.24, 2.45) is 7.05 Å². The van der Waals surface area contributed by atoms with Gasteiger partial charge in [-0.25, -0.2) is 18.4 Å². The van der Waals surface area contributed by atoms with Gasteiger partial charge in [0.05, 0.1) is 32.6 Å². The molecule has 0 saturated carbocycles. The van der Waals surface area contributed by atoms with E-state index in [0.717, 1.165) is 17.0 Å². The minimum absolute atomic E-state index is 0.0759. The van der Waals surface area contributed by atoms with E-state index in [9.17, 15) is 21.6 Å². The van der Waals surface area contributed by atoms with Gasteiger partial charge in [-0.1, -0.05) is 6.92 Å². The van der Waals surface area contributed by atoms with Crippen LogP contribution in [0.5, 0.6) is 0 Å². The van der Waals surface area contributed by atoms with Gasteiger partial charge in [0.2, 0.25) is 0 Å². The van der Waals surface area contributed by atoms with Gasteiger partial charge < -0.3 is 4.57 Å². The number of thiophene rings is 2. The number of rotatable bonds is 3. The number of halogens is 3. The average molecular weight is 431 g/mol. The molecule has 0 aliphatic rings.